The summed E-state index contributed by atoms with van der Waals surface area (Å²) in [5.41, 5.74) is 1.48. The lowest BCUT2D eigenvalue weighted by Crippen LogP contribution is -2.44. The highest BCUT2D eigenvalue weighted by atomic mass is 16.5. The minimum Gasteiger partial charge on any atom is -0.504 e. The molecule has 7 rings (SSSR count). The highest BCUT2D eigenvalue weighted by molar-refractivity contribution is 6.08. The number of ether oxygens (including phenoxy) is 1. The van der Waals surface area contributed by atoms with Crippen LogP contribution in [0.4, 0.5) is 0 Å². The summed E-state index contributed by atoms with van der Waals surface area (Å²) in [6, 6.07) is 5.16. The van der Waals surface area contributed by atoms with Crippen LogP contribution in [0.1, 0.15) is 88.5 Å². The number of hydrogen-bond donors (Lipinski definition) is 1. The highest BCUT2D eigenvalue weighted by Gasteiger charge is 2.63. The van der Waals surface area contributed by atoms with Crippen molar-refractivity contribution in [2.24, 2.45) is 29.6 Å². The van der Waals surface area contributed by atoms with Crippen LogP contribution in [0.5, 0.6) is 11.5 Å². The molecule has 6 unspecified atom stereocenters. The number of imide groups is 2. The van der Waals surface area contributed by atoms with E-state index in [0.29, 0.717) is 24.2 Å². The molecule has 41 heavy (non-hydrogen) atoms. The van der Waals surface area contributed by atoms with Crippen LogP contribution >= 0.6 is 0 Å². The zero-order valence-corrected chi connectivity index (χ0v) is 23.8. The lowest BCUT2D eigenvalue weighted by atomic mass is 9.57. The van der Waals surface area contributed by atoms with Gasteiger partial charge in [-0.3, -0.25) is 29.0 Å². The van der Waals surface area contributed by atoms with Gasteiger partial charge in [0.05, 0.1) is 30.8 Å². The molecule has 0 radical (unpaired) electrons. The van der Waals surface area contributed by atoms with Gasteiger partial charge < -0.3 is 9.84 Å². The second-order valence-corrected chi connectivity index (χ2v) is 13.1. The van der Waals surface area contributed by atoms with Crippen molar-refractivity contribution in [1.82, 2.24) is 9.80 Å². The first-order chi connectivity index (χ1) is 19.9. The third-order valence-corrected chi connectivity index (χ3v) is 11.2. The lowest BCUT2D eigenvalue weighted by molar-refractivity contribution is -0.145. The molecule has 3 saturated carbocycles. The average molecular weight is 561 g/mol. The summed E-state index contributed by atoms with van der Waals surface area (Å²) in [5, 5.41) is 11.3. The number of para-hydroxylation sites is 1. The fourth-order valence-corrected chi connectivity index (χ4v) is 9.34. The Morgan fingerprint density at radius 3 is 1.93 bits per heavy atom. The van der Waals surface area contributed by atoms with E-state index in [1.54, 1.807) is 21.9 Å². The van der Waals surface area contributed by atoms with Crippen LogP contribution in [0, 0.1) is 29.6 Å². The van der Waals surface area contributed by atoms with Gasteiger partial charge >= 0.3 is 0 Å². The largest absolute Gasteiger partial charge is 0.504 e. The average Bonchev–Trinajstić information content (AvgIpc) is 3.41. The first-order valence-corrected chi connectivity index (χ1v) is 15.7. The summed E-state index contributed by atoms with van der Waals surface area (Å²) in [6.45, 7) is 0. The fourth-order valence-electron chi connectivity index (χ4n) is 9.34. The maximum Gasteiger partial charge on any atom is 0.234 e. The number of fused-ring (bicyclic) bond motifs is 4. The number of likely N-dealkylation sites (tertiary alicyclic amines) is 2. The van der Waals surface area contributed by atoms with Crippen LogP contribution < -0.4 is 4.74 Å². The monoisotopic (exact) mass is 560 g/mol. The molecule has 2 saturated heterocycles. The van der Waals surface area contributed by atoms with Gasteiger partial charge in [-0.2, -0.15) is 0 Å². The number of rotatable bonds is 4. The molecule has 4 aliphatic carbocycles. The van der Waals surface area contributed by atoms with Gasteiger partial charge in [-0.25, -0.2) is 0 Å². The molecule has 6 aliphatic rings. The third kappa shape index (κ3) is 3.99. The quantitative estimate of drug-likeness (QED) is 0.423. The van der Waals surface area contributed by atoms with Crippen molar-refractivity contribution in [2.45, 2.75) is 95.1 Å². The van der Waals surface area contributed by atoms with E-state index in [1.165, 1.54) is 7.11 Å². The SMILES string of the molecule is COc1cccc(C2C3=CCC4C(=O)N(C5CCCCC5)C(=O)C4C3CC3C(=O)N(C4CCCCC4)C(=O)C32)c1O. The summed E-state index contributed by atoms with van der Waals surface area (Å²) < 4.78 is 5.43. The summed E-state index contributed by atoms with van der Waals surface area (Å²) in [6.07, 6.45) is 12.6. The van der Waals surface area contributed by atoms with Gasteiger partial charge in [0.2, 0.25) is 23.6 Å². The van der Waals surface area contributed by atoms with E-state index in [2.05, 4.69) is 6.08 Å². The number of methoxy groups -OCH3 is 1. The molecule has 1 aromatic carbocycles. The number of benzene rings is 1. The molecule has 218 valence electrons. The minimum absolute atomic E-state index is 0.0311. The van der Waals surface area contributed by atoms with Crippen molar-refractivity contribution in [1.29, 1.82) is 0 Å². The van der Waals surface area contributed by atoms with Gasteiger partial charge in [0.25, 0.3) is 0 Å². The number of hydrogen-bond acceptors (Lipinski definition) is 6. The van der Waals surface area contributed by atoms with Crippen molar-refractivity contribution in [3.05, 3.63) is 35.4 Å². The summed E-state index contributed by atoms with van der Waals surface area (Å²) in [5.74, 6) is -3.20. The van der Waals surface area contributed by atoms with Gasteiger partial charge in [0.15, 0.2) is 11.5 Å². The predicted molar refractivity (Wildman–Crippen MR) is 150 cm³/mol. The molecular formula is C33H40N2O6. The Balaban J connectivity index is 1.31. The maximum atomic E-state index is 14.2. The van der Waals surface area contributed by atoms with E-state index in [0.717, 1.165) is 69.8 Å². The zero-order valence-electron chi connectivity index (χ0n) is 23.8. The smallest absolute Gasteiger partial charge is 0.234 e. The van der Waals surface area contributed by atoms with Crippen molar-refractivity contribution in [2.75, 3.05) is 7.11 Å². The van der Waals surface area contributed by atoms with E-state index >= 15 is 0 Å². The van der Waals surface area contributed by atoms with Gasteiger partial charge in [-0.05, 0) is 50.5 Å². The van der Waals surface area contributed by atoms with Crippen molar-refractivity contribution in [3.8, 4) is 11.5 Å². The Kier molecular flexibility index (Phi) is 6.70. The summed E-state index contributed by atoms with van der Waals surface area (Å²) in [4.78, 5) is 59.2. The number of phenolic OH excluding ortho intramolecular Hbond substituents is 1. The fraction of sp³-hybridized carbons (Fsp3) is 0.636. The normalized spacial score (nSPS) is 34.4. The zero-order chi connectivity index (χ0) is 28.4. The van der Waals surface area contributed by atoms with Gasteiger partial charge in [-0.15, -0.1) is 0 Å². The van der Waals surface area contributed by atoms with Crippen LogP contribution in [0.25, 0.3) is 0 Å². The molecule has 2 aliphatic heterocycles. The molecule has 1 aromatic rings. The second-order valence-electron chi connectivity index (χ2n) is 13.1. The molecule has 8 nitrogen and oxygen atoms in total. The molecule has 2 heterocycles. The molecule has 0 spiro atoms. The number of aromatic hydroxyl groups is 1. The van der Waals surface area contributed by atoms with Gasteiger partial charge in [0, 0.05) is 23.6 Å². The van der Waals surface area contributed by atoms with Crippen LogP contribution in [0.15, 0.2) is 29.8 Å². The van der Waals surface area contributed by atoms with Crippen LogP contribution in [0.2, 0.25) is 0 Å². The van der Waals surface area contributed by atoms with Crippen LogP contribution in [-0.4, -0.2) is 57.7 Å². The number of amides is 4. The first-order valence-electron chi connectivity index (χ1n) is 15.7. The first kappa shape index (κ1) is 26.7. The van der Waals surface area contributed by atoms with E-state index in [-0.39, 0.29) is 47.4 Å². The number of carbonyl (C=O) groups is 4. The maximum absolute atomic E-state index is 14.2. The molecule has 8 heteroatoms. The molecule has 4 amide bonds. The Morgan fingerprint density at radius 1 is 0.732 bits per heavy atom. The number of carbonyl (C=O) groups excluding carboxylic acids is 4. The van der Waals surface area contributed by atoms with E-state index < -0.39 is 29.6 Å². The molecule has 6 atom stereocenters. The van der Waals surface area contributed by atoms with Crippen LogP contribution in [-0.2, 0) is 19.2 Å². The Labute approximate surface area is 241 Å². The predicted octanol–water partition coefficient (Wildman–Crippen LogP) is 4.70. The molecule has 0 bridgehead atoms. The van der Waals surface area contributed by atoms with Crippen molar-refractivity contribution < 1.29 is 29.0 Å². The summed E-state index contributed by atoms with van der Waals surface area (Å²) >= 11 is 0. The van der Waals surface area contributed by atoms with E-state index in [1.807, 2.05) is 6.07 Å². The third-order valence-electron chi connectivity index (χ3n) is 11.2. The van der Waals surface area contributed by atoms with Crippen LogP contribution in [0.3, 0.4) is 0 Å². The highest BCUT2D eigenvalue weighted by Crippen LogP contribution is 2.60. The Bertz CT molecular complexity index is 1310. The Morgan fingerprint density at radius 2 is 1.32 bits per heavy atom. The number of nitrogens with zero attached hydrogens (tertiary/aromatic N) is 2. The standard InChI is InChI=1S/C33H40N2O6/c1-41-25-14-8-13-21(29(25)36)26-20-15-16-22-27(32(39)34(30(22)37)18-9-4-2-5-10-18)23(20)17-24-28(26)33(40)35(31(24)38)19-11-6-3-7-12-19/h8,13-15,18-19,22-24,26-28,36H,2-7,9-12,16-17H2,1H3. The second kappa shape index (κ2) is 10.3. The van der Waals surface area contributed by atoms with Gasteiger partial charge in [0.1, 0.15) is 0 Å². The van der Waals surface area contributed by atoms with Gasteiger partial charge in [-0.1, -0.05) is 62.3 Å². The molecule has 0 aromatic heterocycles. The summed E-state index contributed by atoms with van der Waals surface area (Å²) in [7, 11) is 1.49. The minimum atomic E-state index is -0.636. The van der Waals surface area contributed by atoms with E-state index in [4.69, 9.17) is 4.74 Å². The van der Waals surface area contributed by atoms with Crippen molar-refractivity contribution in [3.63, 3.8) is 0 Å². The lowest BCUT2D eigenvalue weighted by Gasteiger charge is -2.44. The van der Waals surface area contributed by atoms with Crippen molar-refractivity contribution >= 4 is 23.6 Å². The topological polar surface area (TPSA) is 104 Å². The van der Waals surface area contributed by atoms with E-state index in [9.17, 15) is 24.3 Å². The molecule has 5 fully saturated rings. The number of phenols is 1. The Hall–Kier alpha value is -3.16. The number of allylic oxidation sites excluding steroid dienone is 2. The molecule has 1 N–H and O–H groups in total. The molecular weight excluding hydrogens is 520 g/mol.